The Morgan fingerprint density at radius 2 is 2.07 bits per heavy atom. The van der Waals surface area contributed by atoms with Crippen molar-refractivity contribution in [1.29, 1.82) is 0 Å². The molecule has 84 valence electrons. The second-order valence-corrected chi connectivity index (χ2v) is 4.38. The van der Waals surface area contributed by atoms with Crippen molar-refractivity contribution >= 4 is 5.82 Å². The highest BCUT2D eigenvalue weighted by molar-refractivity contribution is 5.33. The molecule has 0 aliphatic carbocycles. The third-order valence-corrected chi connectivity index (χ3v) is 1.58. The van der Waals surface area contributed by atoms with Gasteiger partial charge in [0.25, 0.3) is 0 Å². The standard InChI is InChI=1S/C11H19N3O/c1-5-6-13-9-7-12-8-10(14-9)15-11(2,3)4/h7-8H,5-6H2,1-4H3,(H,13,14). The van der Waals surface area contributed by atoms with Gasteiger partial charge in [-0.1, -0.05) is 6.92 Å². The molecule has 4 nitrogen and oxygen atoms in total. The summed E-state index contributed by atoms with van der Waals surface area (Å²) in [7, 11) is 0. The summed E-state index contributed by atoms with van der Waals surface area (Å²) in [4.78, 5) is 8.37. The molecule has 0 amide bonds. The summed E-state index contributed by atoms with van der Waals surface area (Å²) in [5, 5.41) is 3.17. The molecule has 0 saturated carbocycles. The Bertz CT molecular complexity index is 307. The summed E-state index contributed by atoms with van der Waals surface area (Å²) >= 11 is 0. The molecule has 1 aromatic heterocycles. The summed E-state index contributed by atoms with van der Waals surface area (Å²) in [6.45, 7) is 8.96. The number of ether oxygens (including phenoxy) is 1. The van der Waals surface area contributed by atoms with E-state index in [1.54, 1.807) is 12.4 Å². The predicted molar refractivity (Wildman–Crippen MR) is 61.2 cm³/mol. The van der Waals surface area contributed by atoms with E-state index in [0.717, 1.165) is 18.8 Å². The number of nitrogens with zero attached hydrogens (tertiary/aromatic N) is 2. The second kappa shape index (κ2) is 4.96. The van der Waals surface area contributed by atoms with Gasteiger partial charge in [0.1, 0.15) is 11.4 Å². The van der Waals surface area contributed by atoms with Crippen LogP contribution in [0, 0.1) is 0 Å². The molecule has 0 unspecified atom stereocenters. The Hall–Kier alpha value is -1.32. The zero-order chi connectivity index (χ0) is 11.3. The van der Waals surface area contributed by atoms with E-state index in [1.807, 2.05) is 20.8 Å². The van der Waals surface area contributed by atoms with E-state index in [1.165, 1.54) is 0 Å². The summed E-state index contributed by atoms with van der Waals surface area (Å²) in [6, 6.07) is 0. The monoisotopic (exact) mass is 209 g/mol. The first-order chi connectivity index (χ1) is 7.01. The minimum absolute atomic E-state index is 0.238. The van der Waals surface area contributed by atoms with E-state index in [4.69, 9.17) is 4.74 Å². The van der Waals surface area contributed by atoms with E-state index in [0.29, 0.717) is 5.88 Å². The quantitative estimate of drug-likeness (QED) is 0.827. The average Bonchev–Trinajstić information content (AvgIpc) is 2.12. The minimum Gasteiger partial charge on any atom is -0.471 e. The van der Waals surface area contributed by atoms with E-state index < -0.39 is 0 Å². The van der Waals surface area contributed by atoms with Crippen molar-refractivity contribution in [2.24, 2.45) is 0 Å². The molecule has 0 aliphatic heterocycles. The van der Waals surface area contributed by atoms with Crippen LogP contribution in [-0.2, 0) is 0 Å². The first kappa shape index (κ1) is 11.8. The van der Waals surface area contributed by atoms with E-state index >= 15 is 0 Å². The van der Waals surface area contributed by atoms with Gasteiger partial charge >= 0.3 is 0 Å². The van der Waals surface area contributed by atoms with E-state index in [-0.39, 0.29) is 5.60 Å². The van der Waals surface area contributed by atoms with Crippen LogP contribution in [-0.4, -0.2) is 22.1 Å². The van der Waals surface area contributed by atoms with Crippen LogP contribution in [0.2, 0.25) is 0 Å². The molecular weight excluding hydrogens is 190 g/mol. The van der Waals surface area contributed by atoms with Gasteiger partial charge in [-0.2, -0.15) is 4.98 Å². The van der Waals surface area contributed by atoms with Gasteiger partial charge in [-0.25, -0.2) is 0 Å². The predicted octanol–water partition coefficient (Wildman–Crippen LogP) is 2.48. The third kappa shape index (κ3) is 4.63. The van der Waals surface area contributed by atoms with Gasteiger partial charge in [0.2, 0.25) is 5.88 Å². The average molecular weight is 209 g/mol. The number of nitrogens with one attached hydrogen (secondary N) is 1. The van der Waals surface area contributed by atoms with Crippen molar-refractivity contribution < 1.29 is 4.74 Å². The largest absolute Gasteiger partial charge is 0.471 e. The van der Waals surface area contributed by atoms with Gasteiger partial charge < -0.3 is 10.1 Å². The van der Waals surface area contributed by atoms with Crippen LogP contribution in [0.5, 0.6) is 5.88 Å². The van der Waals surface area contributed by atoms with Crippen LogP contribution in [0.25, 0.3) is 0 Å². The van der Waals surface area contributed by atoms with Crippen LogP contribution in [0.3, 0.4) is 0 Å². The Morgan fingerprint density at radius 1 is 1.33 bits per heavy atom. The van der Waals surface area contributed by atoms with Crippen molar-refractivity contribution in [2.75, 3.05) is 11.9 Å². The fraction of sp³-hybridized carbons (Fsp3) is 0.636. The number of aromatic nitrogens is 2. The number of rotatable bonds is 4. The number of anilines is 1. The SMILES string of the molecule is CCCNc1cncc(OC(C)(C)C)n1. The zero-order valence-corrected chi connectivity index (χ0v) is 9.87. The Kier molecular flexibility index (Phi) is 3.88. The molecular formula is C11H19N3O. The van der Waals surface area contributed by atoms with Gasteiger partial charge in [0.05, 0.1) is 12.4 Å². The highest BCUT2D eigenvalue weighted by Gasteiger charge is 2.12. The maximum Gasteiger partial charge on any atom is 0.234 e. The van der Waals surface area contributed by atoms with Gasteiger partial charge in [0.15, 0.2) is 0 Å². The lowest BCUT2D eigenvalue weighted by molar-refractivity contribution is 0.123. The highest BCUT2D eigenvalue weighted by Crippen LogP contribution is 2.15. The molecule has 0 atom stereocenters. The molecule has 0 fully saturated rings. The molecule has 0 spiro atoms. The van der Waals surface area contributed by atoms with E-state index in [9.17, 15) is 0 Å². The highest BCUT2D eigenvalue weighted by atomic mass is 16.5. The van der Waals surface area contributed by atoms with Crippen LogP contribution in [0.1, 0.15) is 34.1 Å². The van der Waals surface area contributed by atoms with Crippen molar-refractivity contribution in [2.45, 2.75) is 39.7 Å². The summed E-state index contributed by atoms with van der Waals surface area (Å²) in [5.41, 5.74) is -0.238. The lowest BCUT2D eigenvalue weighted by Gasteiger charge is -2.20. The Balaban J connectivity index is 2.66. The van der Waals surface area contributed by atoms with Crippen LogP contribution >= 0.6 is 0 Å². The first-order valence-corrected chi connectivity index (χ1v) is 5.26. The maximum atomic E-state index is 5.61. The van der Waals surface area contributed by atoms with Crippen molar-refractivity contribution in [3.8, 4) is 5.88 Å². The van der Waals surface area contributed by atoms with E-state index in [2.05, 4.69) is 22.2 Å². The molecule has 0 saturated heterocycles. The van der Waals surface area contributed by atoms with Gasteiger partial charge in [-0.3, -0.25) is 4.98 Å². The molecule has 4 heteroatoms. The normalized spacial score (nSPS) is 11.2. The van der Waals surface area contributed by atoms with Gasteiger partial charge in [-0.05, 0) is 27.2 Å². The molecule has 0 bridgehead atoms. The molecule has 0 radical (unpaired) electrons. The lowest BCUT2D eigenvalue weighted by Crippen LogP contribution is -2.23. The Morgan fingerprint density at radius 3 is 2.67 bits per heavy atom. The molecule has 1 N–H and O–H groups in total. The van der Waals surface area contributed by atoms with Crippen LogP contribution < -0.4 is 10.1 Å². The molecule has 1 heterocycles. The van der Waals surface area contributed by atoms with Crippen molar-refractivity contribution in [1.82, 2.24) is 9.97 Å². The summed E-state index contributed by atoms with van der Waals surface area (Å²) < 4.78 is 5.61. The van der Waals surface area contributed by atoms with Crippen LogP contribution in [0.4, 0.5) is 5.82 Å². The number of hydrogen-bond donors (Lipinski definition) is 1. The molecule has 1 aromatic rings. The number of hydrogen-bond acceptors (Lipinski definition) is 4. The smallest absolute Gasteiger partial charge is 0.234 e. The van der Waals surface area contributed by atoms with Crippen molar-refractivity contribution in [3.63, 3.8) is 0 Å². The molecule has 1 rings (SSSR count). The first-order valence-electron chi connectivity index (χ1n) is 5.26. The minimum atomic E-state index is -0.238. The summed E-state index contributed by atoms with van der Waals surface area (Å²) in [5.74, 6) is 1.32. The molecule has 0 aromatic carbocycles. The fourth-order valence-corrected chi connectivity index (χ4v) is 1.05. The Labute approximate surface area is 91.1 Å². The van der Waals surface area contributed by atoms with Crippen molar-refractivity contribution in [3.05, 3.63) is 12.4 Å². The topological polar surface area (TPSA) is 47.0 Å². The maximum absolute atomic E-state index is 5.61. The molecule has 15 heavy (non-hydrogen) atoms. The van der Waals surface area contributed by atoms with Gasteiger partial charge in [0, 0.05) is 6.54 Å². The lowest BCUT2D eigenvalue weighted by atomic mass is 10.2. The molecule has 0 aliphatic rings. The third-order valence-electron chi connectivity index (χ3n) is 1.58. The zero-order valence-electron chi connectivity index (χ0n) is 9.87. The summed E-state index contributed by atoms with van der Waals surface area (Å²) in [6.07, 6.45) is 4.39. The van der Waals surface area contributed by atoms with Crippen LogP contribution in [0.15, 0.2) is 12.4 Å². The van der Waals surface area contributed by atoms with Gasteiger partial charge in [-0.15, -0.1) is 0 Å². The fourth-order valence-electron chi connectivity index (χ4n) is 1.05. The second-order valence-electron chi connectivity index (χ2n) is 4.38.